The van der Waals surface area contributed by atoms with E-state index in [1.165, 1.54) is 5.56 Å². The molecule has 5 nitrogen and oxygen atoms in total. The van der Waals surface area contributed by atoms with E-state index in [9.17, 15) is 5.11 Å². The number of rotatable bonds is 4. The monoisotopic (exact) mass is 379 g/mol. The number of ether oxygens (including phenoxy) is 1. The molecule has 1 aliphatic heterocycles. The smallest absolute Gasteiger partial charge is 0.160 e. The molecule has 0 aliphatic carbocycles. The van der Waals surface area contributed by atoms with Gasteiger partial charge in [0.2, 0.25) is 0 Å². The fraction of sp³-hybridized carbons (Fsp3) is 0.238. The maximum Gasteiger partial charge on any atom is 0.160 e. The van der Waals surface area contributed by atoms with E-state index in [4.69, 9.17) is 14.8 Å². The highest BCUT2D eigenvalue weighted by atomic mass is 32.2. The van der Waals surface area contributed by atoms with Gasteiger partial charge in [0.05, 0.1) is 29.6 Å². The molecule has 0 saturated carbocycles. The number of hydrogen-bond acceptors (Lipinski definition) is 5. The normalized spacial score (nSPS) is 16.0. The number of aromatic nitrogens is 2. The van der Waals surface area contributed by atoms with Gasteiger partial charge in [0.15, 0.2) is 17.3 Å². The van der Waals surface area contributed by atoms with Gasteiger partial charge < -0.3 is 9.84 Å². The van der Waals surface area contributed by atoms with Gasteiger partial charge in [0.1, 0.15) is 0 Å². The van der Waals surface area contributed by atoms with E-state index in [2.05, 4.69) is 12.1 Å². The number of methoxy groups -OCH3 is 1. The van der Waals surface area contributed by atoms with Crippen molar-refractivity contribution in [2.24, 2.45) is 4.99 Å². The van der Waals surface area contributed by atoms with Gasteiger partial charge in [-0.05, 0) is 37.1 Å². The van der Waals surface area contributed by atoms with Crippen molar-refractivity contribution in [2.75, 3.05) is 7.11 Å². The number of benzene rings is 2. The molecule has 0 saturated heterocycles. The lowest BCUT2D eigenvalue weighted by molar-refractivity contribution is 0.373. The fourth-order valence-corrected chi connectivity index (χ4v) is 4.53. The van der Waals surface area contributed by atoms with E-state index in [0.29, 0.717) is 12.3 Å². The Labute approximate surface area is 162 Å². The first-order valence-electron chi connectivity index (χ1n) is 8.77. The Hall–Kier alpha value is -2.73. The van der Waals surface area contributed by atoms with Crippen LogP contribution in [0, 0.1) is 6.92 Å². The van der Waals surface area contributed by atoms with Crippen LogP contribution in [0.5, 0.6) is 11.5 Å². The minimum Gasteiger partial charge on any atom is -0.504 e. The number of aliphatic imine (C=N–C) groups is 1. The predicted molar refractivity (Wildman–Crippen MR) is 109 cm³/mol. The highest BCUT2D eigenvalue weighted by Crippen LogP contribution is 2.48. The molecule has 2 heterocycles. The van der Waals surface area contributed by atoms with Gasteiger partial charge >= 0.3 is 0 Å². The van der Waals surface area contributed by atoms with E-state index < -0.39 is 0 Å². The molecule has 1 atom stereocenters. The third kappa shape index (κ3) is 3.32. The highest BCUT2D eigenvalue weighted by molar-refractivity contribution is 8.14. The first-order chi connectivity index (χ1) is 13.1. The molecule has 27 heavy (non-hydrogen) atoms. The summed E-state index contributed by atoms with van der Waals surface area (Å²) < 4.78 is 7.28. The van der Waals surface area contributed by atoms with Crippen LogP contribution in [0.2, 0.25) is 0 Å². The van der Waals surface area contributed by atoms with Gasteiger partial charge in [0.25, 0.3) is 0 Å². The average molecular weight is 379 g/mol. The maximum atomic E-state index is 9.93. The Morgan fingerprint density at radius 1 is 1.15 bits per heavy atom. The summed E-state index contributed by atoms with van der Waals surface area (Å²) in [6.07, 6.45) is 0. The van der Waals surface area contributed by atoms with Crippen LogP contribution in [0.15, 0.2) is 53.5 Å². The van der Waals surface area contributed by atoms with Crippen molar-refractivity contribution < 1.29 is 9.84 Å². The summed E-state index contributed by atoms with van der Waals surface area (Å²) in [6, 6.07) is 15.8. The van der Waals surface area contributed by atoms with Gasteiger partial charge in [-0.15, -0.1) is 0 Å². The number of aromatic hydroxyl groups is 1. The molecule has 138 valence electrons. The molecule has 2 aromatic carbocycles. The Morgan fingerprint density at radius 3 is 2.67 bits per heavy atom. The average Bonchev–Trinajstić information content (AvgIpc) is 2.97. The summed E-state index contributed by atoms with van der Waals surface area (Å²) in [5, 5.41) is 15.8. The molecule has 6 heteroatoms. The van der Waals surface area contributed by atoms with E-state index in [0.717, 1.165) is 27.7 Å². The Balaban J connectivity index is 1.78. The number of hydrogen-bond donors (Lipinski definition) is 1. The summed E-state index contributed by atoms with van der Waals surface area (Å²) in [5.74, 6) is 1.53. The van der Waals surface area contributed by atoms with Gasteiger partial charge in [0, 0.05) is 5.56 Å². The molecule has 0 radical (unpaired) electrons. The molecule has 0 unspecified atom stereocenters. The third-order valence-electron chi connectivity index (χ3n) is 4.64. The van der Waals surface area contributed by atoms with Crippen LogP contribution in [-0.2, 0) is 6.54 Å². The number of phenols is 1. The van der Waals surface area contributed by atoms with Gasteiger partial charge in [-0.1, -0.05) is 48.2 Å². The molecule has 0 bridgehead atoms. The second kappa shape index (κ2) is 7.12. The standard InChI is InChI=1S/C21H21N3O2S/c1-13-19-20(16-9-10-17(25)18(11-16)26-3)27-14(2)22-21(19)24(23-13)12-15-7-5-4-6-8-15/h4-11,20,25H,12H2,1-3H3/t20-/m0/s1. The SMILES string of the molecule is COc1cc([C@@H]2SC(C)=Nc3c2c(C)nn3Cc2ccccc2)ccc1O. The Kier molecular flexibility index (Phi) is 4.66. The largest absolute Gasteiger partial charge is 0.504 e. The molecule has 4 rings (SSSR count). The molecule has 3 aromatic rings. The molecule has 0 fully saturated rings. The van der Waals surface area contributed by atoms with E-state index in [1.807, 2.05) is 48.9 Å². The van der Waals surface area contributed by atoms with Crippen molar-refractivity contribution in [1.82, 2.24) is 9.78 Å². The summed E-state index contributed by atoms with van der Waals surface area (Å²) in [7, 11) is 1.56. The van der Waals surface area contributed by atoms with Crippen molar-refractivity contribution in [2.45, 2.75) is 25.6 Å². The van der Waals surface area contributed by atoms with Crippen LogP contribution in [0.4, 0.5) is 5.82 Å². The Morgan fingerprint density at radius 2 is 1.93 bits per heavy atom. The van der Waals surface area contributed by atoms with Crippen LogP contribution >= 0.6 is 11.8 Å². The van der Waals surface area contributed by atoms with Gasteiger partial charge in [-0.2, -0.15) is 5.10 Å². The van der Waals surface area contributed by atoms with Crippen molar-refractivity contribution in [3.05, 3.63) is 70.9 Å². The zero-order valence-corrected chi connectivity index (χ0v) is 16.3. The van der Waals surface area contributed by atoms with E-state index in [1.54, 1.807) is 24.9 Å². The quantitative estimate of drug-likeness (QED) is 0.705. The zero-order valence-electron chi connectivity index (χ0n) is 15.5. The summed E-state index contributed by atoms with van der Waals surface area (Å²) in [6.45, 7) is 4.74. The third-order valence-corrected chi connectivity index (χ3v) is 5.82. The molecule has 1 N–H and O–H groups in total. The molecule has 1 aliphatic rings. The summed E-state index contributed by atoms with van der Waals surface area (Å²) in [4.78, 5) is 4.80. The minimum atomic E-state index is 0.0662. The second-order valence-corrected chi connectivity index (χ2v) is 7.82. The van der Waals surface area contributed by atoms with Crippen molar-refractivity contribution in [1.29, 1.82) is 0 Å². The maximum absolute atomic E-state index is 9.93. The molecule has 0 spiro atoms. The topological polar surface area (TPSA) is 59.6 Å². The highest BCUT2D eigenvalue weighted by Gasteiger charge is 2.30. The van der Waals surface area contributed by atoms with Crippen LogP contribution < -0.4 is 4.74 Å². The number of phenolic OH excluding ortho intramolecular Hbond substituents is 1. The van der Waals surface area contributed by atoms with Gasteiger partial charge in [-0.25, -0.2) is 9.67 Å². The number of thioether (sulfide) groups is 1. The van der Waals surface area contributed by atoms with E-state index in [-0.39, 0.29) is 11.0 Å². The molecule has 1 aromatic heterocycles. The van der Waals surface area contributed by atoms with Crippen molar-refractivity contribution in [3.8, 4) is 11.5 Å². The summed E-state index contributed by atoms with van der Waals surface area (Å²) >= 11 is 1.70. The fourth-order valence-electron chi connectivity index (χ4n) is 3.37. The Bertz CT molecular complexity index is 1010. The zero-order chi connectivity index (χ0) is 19.0. The van der Waals surface area contributed by atoms with Crippen molar-refractivity contribution in [3.63, 3.8) is 0 Å². The number of nitrogens with zero attached hydrogens (tertiary/aromatic N) is 3. The van der Waals surface area contributed by atoms with Crippen LogP contribution in [-0.4, -0.2) is 27.0 Å². The second-order valence-electron chi connectivity index (χ2n) is 6.53. The lowest BCUT2D eigenvalue weighted by Gasteiger charge is -2.22. The lowest BCUT2D eigenvalue weighted by Crippen LogP contribution is -2.07. The first-order valence-corrected chi connectivity index (χ1v) is 9.65. The van der Waals surface area contributed by atoms with Crippen LogP contribution in [0.1, 0.15) is 34.6 Å². The molecular weight excluding hydrogens is 358 g/mol. The number of fused-ring (bicyclic) bond motifs is 1. The molecule has 0 amide bonds. The predicted octanol–water partition coefficient (Wildman–Crippen LogP) is 4.84. The van der Waals surface area contributed by atoms with Gasteiger partial charge in [-0.3, -0.25) is 0 Å². The first kappa shape index (κ1) is 17.7. The number of aryl methyl sites for hydroxylation is 1. The molecular formula is C21H21N3O2S. The summed E-state index contributed by atoms with van der Waals surface area (Å²) in [5.41, 5.74) is 4.35. The minimum absolute atomic E-state index is 0.0662. The van der Waals surface area contributed by atoms with Crippen LogP contribution in [0.25, 0.3) is 0 Å². The van der Waals surface area contributed by atoms with Crippen LogP contribution in [0.3, 0.4) is 0 Å². The lowest BCUT2D eigenvalue weighted by atomic mass is 10.0. The van der Waals surface area contributed by atoms with E-state index >= 15 is 0 Å². The van der Waals surface area contributed by atoms with Crippen molar-refractivity contribution >= 4 is 22.6 Å².